The van der Waals surface area contributed by atoms with Crippen LogP contribution in [-0.4, -0.2) is 11.1 Å². The first kappa shape index (κ1) is 14.4. The van der Waals surface area contributed by atoms with Crippen LogP contribution in [0.2, 0.25) is 0 Å². The van der Waals surface area contributed by atoms with Crippen LogP contribution in [0.1, 0.15) is 55.1 Å². The molecule has 17 heavy (non-hydrogen) atoms. The zero-order valence-corrected chi connectivity index (χ0v) is 12.7. The number of rotatable bonds is 4. The topological polar surface area (TPSA) is 17.1 Å². The lowest BCUT2D eigenvalue weighted by Gasteiger charge is -2.20. The van der Waals surface area contributed by atoms with Crippen LogP contribution in [-0.2, 0) is 5.41 Å². The fourth-order valence-corrected chi connectivity index (χ4v) is 2.03. The molecule has 0 bridgehead atoms. The summed E-state index contributed by atoms with van der Waals surface area (Å²) < 4.78 is 0. The van der Waals surface area contributed by atoms with Gasteiger partial charge in [-0.25, -0.2) is 0 Å². The summed E-state index contributed by atoms with van der Waals surface area (Å²) in [6.45, 7) is 8.52. The van der Waals surface area contributed by atoms with Crippen molar-refractivity contribution in [2.24, 2.45) is 0 Å². The van der Waals surface area contributed by atoms with Crippen molar-refractivity contribution in [2.75, 3.05) is 5.33 Å². The van der Waals surface area contributed by atoms with Crippen molar-refractivity contribution in [3.63, 3.8) is 0 Å². The van der Waals surface area contributed by atoms with Gasteiger partial charge in [0, 0.05) is 17.3 Å². The summed E-state index contributed by atoms with van der Waals surface area (Å²) in [6.07, 6.45) is 1.53. The smallest absolute Gasteiger partial charge is 0.163 e. The molecule has 0 saturated heterocycles. The normalized spacial score (nSPS) is 11.6. The molecule has 2 heteroatoms. The van der Waals surface area contributed by atoms with E-state index < -0.39 is 0 Å². The Labute approximate surface area is 113 Å². The summed E-state index contributed by atoms with van der Waals surface area (Å²) in [4.78, 5) is 12.1. The molecule has 1 aromatic rings. The van der Waals surface area contributed by atoms with Crippen LogP contribution in [0.4, 0.5) is 0 Å². The quantitative estimate of drug-likeness (QED) is 0.584. The molecule has 0 aliphatic heterocycles. The highest BCUT2D eigenvalue weighted by Gasteiger charge is 2.17. The second kappa shape index (κ2) is 5.81. The monoisotopic (exact) mass is 296 g/mol. The number of aryl methyl sites for hydroxylation is 1. The first-order valence-corrected chi connectivity index (χ1v) is 7.18. The molecular weight excluding hydrogens is 276 g/mol. The molecule has 0 N–H and O–H groups in total. The fraction of sp³-hybridized carbons (Fsp3) is 0.533. The van der Waals surface area contributed by atoms with Crippen LogP contribution in [0.3, 0.4) is 0 Å². The number of alkyl halides is 1. The Balaban J connectivity index is 3.02. The third kappa shape index (κ3) is 3.95. The van der Waals surface area contributed by atoms with Gasteiger partial charge < -0.3 is 0 Å². The second-order valence-electron chi connectivity index (χ2n) is 5.50. The summed E-state index contributed by atoms with van der Waals surface area (Å²) in [5, 5.41) is 0.886. The van der Waals surface area contributed by atoms with Gasteiger partial charge in [-0.1, -0.05) is 48.8 Å². The van der Waals surface area contributed by atoms with Gasteiger partial charge in [0.2, 0.25) is 0 Å². The van der Waals surface area contributed by atoms with Crippen LogP contribution in [0.15, 0.2) is 18.2 Å². The van der Waals surface area contributed by atoms with Crippen molar-refractivity contribution in [2.45, 2.75) is 46.0 Å². The van der Waals surface area contributed by atoms with Gasteiger partial charge in [0.15, 0.2) is 5.78 Å². The Kier molecular flexibility index (Phi) is 4.93. The molecule has 0 amide bonds. The Bertz CT molecular complexity index is 402. The maximum Gasteiger partial charge on any atom is 0.163 e. The van der Waals surface area contributed by atoms with Crippen LogP contribution in [0, 0.1) is 6.92 Å². The van der Waals surface area contributed by atoms with Crippen molar-refractivity contribution in [1.82, 2.24) is 0 Å². The van der Waals surface area contributed by atoms with E-state index in [9.17, 15) is 4.79 Å². The first-order chi connectivity index (χ1) is 7.86. The third-order valence-electron chi connectivity index (χ3n) is 2.94. The number of hydrogen-bond donors (Lipinski definition) is 0. The summed E-state index contributed by atoms with van der Waals surface area (Å²) >= 11 is 3.36. The molecule has 1 aromatic carbocycles. The van der Waals surface area contributed by atoms with Crippen LogP contribution < -0.4 is 0 Å². The highest BCUT2D eigenvalue weighted by Crippen LogP contribution is 2.25. The average Bonchev–Trinajstić information content (AvgIpc) is 2.24. The van der Waals surface area contributed by atoms with Gasteiger partial charge in [-0.3, -0.25) is 4.79 Å². The van der Waals surface area contributed by atoms with E-state index in [1.165, 1.54) is 5.56 Å². The van der Waals surface area contributed by atoms with Crippen molar-refractivity contribution >= 4 is 21.7 Å². The largest absolute Gasteiger partial charge is 0.294 e. The molecule has 94 valence electrons. The van der Waals surface area contributed by atoms with Crippen LogP contribution in [0.25, 0.3) is 0 Å². The minimum atomic E-state index is 0.0954. The molecule has 0 aliphatic rings. The molecule has 0 unspecified atom stereocenters. The Morgan fingerprint density at radius 2 is 1.94 bits per heavy atom. The summed E-state index contributed by atoms with van der Waals surface area (Å²) in [5.74, 6) is 0.257. The number of carbonyl (C=O) groups is 1. The number of ketones is 1. The zero-order chi connectivity index (χ0) is 13.1. The molecule has 0 aliphatic carbocycles. The predicted molar refractivity (Wildman–Crippen MR) is 77.2 cm³/mol. The molecule has 0 fully saturated rings. The molecule has 0 spiro atoms. The van der Waals surface area contributed by atoms with Gasteiger partial charge in [-0.2, -0.15) is 0 Å². The van der Waals surface area contributed by atoms with E-state index in [1.54, 1.807) is 0 Å². The van der Waals surface area contributed by atoms with Gasteiger partial charge in [-0.15, -0.1) is 0 Å². The Hall–Kier alpha value is -0.630. The van der Waals surface area contributed by atoms with Crippen molar-refractivity contribution in [1.29, 1.82) is 0 Å². The fourth-order valence-electron chi connectivity index (χ4n) is 1.75. The summed E-state index contributed by atoms with van der Waals surface area (Å²) in [6, 6.07) is 6.24. The molecular formula is C15H21BrO. The second-order valence-corrected chi connectivity index (χ2v) is 6.29. The standard InChI is InChI=1S/C15H21BrO/c1-11-7-8-12(15(2,3)4)10-13(11)14(17)6-5-9-16/h7-8,10H,5-6,9H2,1-4H3. The van der Waals surface area contributed by atoms with E-state index in [4.69, 9.17) is 0 Å². The highest BCUT2D eigenvalue weighted by atomic mass is 79.9. The minimum Gasteiger partial charge on any atom is -0.294 e. The Morgan fingerprint density at radius 1 is 1.29 bits per heavy atom. The van der Waals surface area contributed by atoms with Crippen molar-refractivity contribution in [3.05, 3.63) is 34.9 Å². The number of halogens is 1. The van der Waals surface area contributed by atoms with E-state index in [0.29, 0.717) is 6.42 Å². The lowest BCUT2D eigenvalue weighted by atomic mass is 9.84. The molecule has 1 rings (SSSR count). The number of Topliss-reactive ketones (excluding diaryl/α,β-unsaturated/α-hetero) is 1. The number of hydrogen-bond acceptors (Lipinski definition) is 1. The van der Waals surface area contributed by atoms with Crippen LogP contribution in [0.5, 0.6) is 0 Å². The van der Waals surface area contributed by atoms with Crippen LogP contribution >= 0.6 is 15.9 Å². The van der Waals surface area contributed by atoms with Gasteiger partial charge in [0.25, 0.3) is 0 Å². The maximum absolute atomic E-state index is 12.1. The molecule has 1 nitrogen and oxygen atoms in total. The minimum absolute atomic E-state index is 0.0954. The number of benzene rings is 1. The lowest BCUT2D eigenvalue weighted by molar-refractivity contribution is 0.0981. The first-order valence-electron chi connectivity index (χ1n) is 6.06. The highest BCUT2D eigenvalue weighted by molar-refractivity contribution is 9.09. The van der Waals surface area contributed by atoms with Gasteiger partial charge in [-0.05, 0) is 36.0 Å². The summed E-state index contributed by atoms with van der Waals surface area (Å²) in [7, 11) is 0. The average molecular weight is 297 g/mol. The molecule has 0 aromatic heterocycles. The summed E-state index contributed by atoms with van der Waals surface area (Å²) in [5.41, 5.74) is 3.29. The van der Waals surface area contributed by atoms with E-state index >= 15 is 0 Å². The SMILES string of the molecule is Cc1ccc(C(C)(C)C)cc1C(=O)CCCBr. The van der Waals surface area contributed by atoms with E-state index in [2.05, 4.69) is 54.9 Å². The van der Waals surface area contributed by atoms with Gasteiger partial charge in [0.05, 0.1) is 0 Å². The van der Waals surface area contributed by atoms with Crippen molar-refractivity contribution in [3.8, 4) is 0 Å². The van der Waals surface area contributed by atoms with Crippen molar-refractivity contribution < 1.29 is 4.79 Å². The molecule has 0 heterocycles. The van der Waals surface area contributed by atoms with Gasteiger partial charge in [0.1, 0.15) is 0 Å². The molecule has 0 atom stereocenters. The lowest BCUT2D eigenvalue weighted by Crippen LogP contribution is -2.13. The zero-order valence-electron chi connectivity index (χ0n) is 11.1. The van der Waals surface area contributed by atoms with E-state index in [-0.39, 0.29) is 11.2 Å². The third-order valence-corrected chi connectivity index (χ3v) is 3.50. The Morgan fingerprint density at radius 3 is 2.47 bits per heavy atom. The maximum atomic E-state index is 12.1. The van der Waals surface area contributed by atoms with E-state index in [1.807, 2.05) is 6.92 Å². The predicted octanol–water partition coefficient (Wildman–Crippen LogP) is 4.65. The van der Waals surface area contributed by atoms with Gasteiger partial charge >= 0.3 is 0 Å². The molecule has 0 saturated carbocycles. The number of carbonyl (C=O) groups excluding carboxylic acids is 1. The van der Waals surface area contributed by atoms with E-state index in [0.717, 1.165) is 22.9 Å². The molecule has 0 radical (unpaired) electrons.